The van der Waals surface area contributed by atoms with Crippen molar-refractivity contribution in [2.75, 3.05) is 11.9 Å². The molecule has 3 rings (SSSR count). The molecule has 0 bridgehead atoms. The molecule has 0 spiro atoms. The third-order valence-electron chi connectivity index (χ3n) is 3.97. The van der Waals surface area contributed by atoms with Gasteiger partial charge < -0.3 is 10.0 Å². The largest absolute Gasteiger partial charge is 0.393 e. The maximum absolute atomic E-state index is 12.5. The van der Waals surface area contributed by atoms with Crippen LogP contribution in [0.25, 0.3) is 5.65 Å². The predicted octanol–water partition coefficient (Wildman–Crippen LogP) is 1.80. The lowest BCUT2D eigenvalue weighted by Gasteiger charge is -2.25. The molecule has 2 N–H and O–H groups in total. The van der Waals surface area contributed by atoms with Crippen LogP contribution in [-0.2, 0) is 0 Å². The van der Waals surface area contributed by atoms with Crippen LogP contribution in [0.4, 0.5) is 10.6 Å². The number of carbonyl (C=O) groups is 1. The molecule has 22 heavy (non-hydrogen) atoms. The first-order valence-electron chi connectivity index (χ1n) is 7.61. The highest BCUT2D eigenvalue weighted by Gasteiger charge is 2.29. The third-order valence-corrected chi connectivity index (χ3v) is 3.97. The zero-order valence-corrected chi connectivity index (χ0v) is 12.9. The van der Waals surface area contributed by atoms with E-state index in [4.69, 9.17) is 0 Å². The summed E-state index contributed by atoms with van der Waals surface area (Å²) in [4.78, 5) is 18.6. The molecule has 1 aliphatic heterocycles. The Morgan fingerprint density at radius 2 is 2.41 bits per heavy atom. The first-order valence-corrected chi connectivity index (χ1v) is 7.61. The molecule has 1 aliphatic rings. The molecule has 7 nitrogen and oxygen atoms in total. The standard InChI is InChI=1S/C15H21N5O2/c1-10-8-14-16-6-5-13(20(14)18-10)17-15(22)19-7-3-4-12(19)9-11(2)21/h5-6,8,11-12,21H,3-4,7,9H2,1-2H3,(H,17,22). The lowest BCUT2D eigenvalue weighted by Crippen LogP contribution is -2.40. The van der Waals surface area contributed by atoms with E-state index < -0.39 is 6.10 Å². The number of aryl methyl sites for hydroxylation is 1. The van der Waals surface area contributed by atoms with Crippen LogP contribution in [-0.4, -0.2) is 49.3 Å². The molecule has 3 heterocycles. The van der Waals surface area contributed by atoms with Crippen molar-refractivity contribution in [3.63, 3.8) is 0 Å². The summed E-state index contributed by atoms with van der Waals surface area (Å²) in [6, 6.07) is 3.54. The van der Waals surface area contributed by atoms with Gasteiger partial charge >= 0.3 is 6.03 Å². The SMILES string of the molecule is Cc1cc2nccc(NC(=O)N3CCCC3CC(C)O)n2n1. The van der Waals surface area contributed by atoms with E-state index in [9.17, 15) is 9.90 Å². The van der Waals surface area contributed by atoms with Gasteiger partial charge in [0, 0.05) is 24.8 Å². The number of carbonyl (C=O) groups excluding carboxylic acids is 1. The minimum absolute atomic E-state index is 0.0942. The zero-order chi connectivity index (χ0) is 15.7. The van der Waals surface area contributed by atoms with Gasteiger partial charge in [0.15, 0.2) is 5.65 Å². The number of rotatable bonds is 3. The fraction of sp³-hybridized carbons (Fsp3) is 0.533. The van der Waals surface area contributed by atoms with Crippen molar-refractivity contribution in [2.24, 2.45) is 0 Å². The Bertz CT molecular complexity index is 682. The average molecular weight is 303 g/mol. The number of hydrogen-bond acceptors (Lipinski definition) is 4. The molecule has 0 radical (unpaired) electrons. The maximum atomic E-state index is 12.5. The molecular weight excluding hydrogens is 282 g/mol. The molecule has 1 fully saturated rings. The molecule has 2 amide bonds. The van der Waals surface area contributed by atoms with Crippen LogP contribution in [0.5, 0.6) is 0 Å². The van der Waals surface area contributed by atoms with Gasteiger partial charge in [-0.3, -0.25) is 5.32 Å². The van der Waals surface area contributed by atoms with Gasteiger partial charge in [0.05, 0.1) is 11.8 Å². The highest BCUT2D eigenvalue weighted by molar-refractivity contribution is 5.89. The molecule has 118 valence electrons. The second kappa shape index (κ2) is 5.92. The van der Waals surface area contributed by atoms with E-state index in [1.54, 1.807) is 28.6 Å². The predicted molar refractivity (Wildman–Crippen MR) is 82.8 cm³/mol. The van der Waals surface area contributed by atoms with Gasteiger partial charge in [0.2, 0.25) is 0 Å². The van der Waals surface area contributed by atoms with Gasteiger partial charge in [-0.15, -0.1) is 0 Å². The third kappa shape index (κ3) is 2.89. The second-order valence-corrected chi connectivity index (χ2v) is 5.89. The number of fused-ring (bicyclic) bond motifs is 1. The Labute approximate surface area is 129 Å². The summed E-state index contributed by atoms with van der Waals surface area (Å²) in [6.07, 6.45) is 3.77. The molecule has 2 unspecified atom stereocenters. The van der Waals surface area contributed by atoms with Crippen LogP contribution in [0.1, 0.15) is 31.9 Å². The lowest BCUT2D eigenvalue weighted by molar-refractivity contribution is 0.142. The second-order valence-electron chi connectivity index (χ2n) is 5.89. The smallest absolute Gasteiger partial charge is 0.323 e. The number of hydrogen-bond donors (Lipinski definition) is 2. The highest BCUT2D eigenvalue weighted by atomic mass is 16.3. The van der Waals surface area contributed by atoms with Crippen molar-refractivity contribution < 1.29 is 9.90 Å². The first-order chi connectivity index (χ1) is 10.5. The van der Waals surface area contributed by atoms with E-state index in [0.717, 1.165) is 25.1 Å². The van der Waals surface area contributed by atoms with Crippen LogP contribution in [0.15, 0.2) is 18.3 Å². The van der Waals surface area contributed by atoms with E-state index in [2.05, 4.69) is 15.4 Å². The lowest BCUT2D eigenvalue weighted by atomic mass is 10.1. The van der Waals surface area contributed by atoms with Crippen molar-refractivity contribution in [1.82, 2.24) is 19.5 Å². The summed E-state index contributed by atoms with van der Waals surface area (Å²) in [6.45, 7) is 4.36. The summed E-state index contributed by atoms with van der Waals surface area (Å²) >= 11 is 0. The van der Waals surface area contributed by atoms with Gasteiger partial charge in [-0.05, 0) is 39.2 Å². The van der Waals surface area contributed by atoms with Crippen LogP contribution >= 0.6 is 0 Å². The molecule has 2 aromatic heterocycles. The van der Waals surface area contributed by atoms with Crippen molar-refractivity contribution in [3.8, 4) is 0 Å². The van der Waals surface area contributed by atoms with Crippen molar-refractivity contribution in [2.45, 2.75) is 45.3 Å². The summed E-state index contributed by atoms with van der Waals surface area (Å²) in [5, 5.41) is 16.8. The molecule has 0 aliphatic carbocycles. The van der Waals surface area contributed by atoms with Gasteiger partial charge in [0.25, 0.3) is 0 Å². The number of aromatic nitrogens is 3. The summed E-state index contributed by atoms with van der Waals surface area (Å²) in [7, 11) is 0. The molecule has 7 heteroatoms. The maximum Gasteiger partial charge on any atom is 0.323 e. The van der Waals surface area contributed by atoms with Crippen LogP contribution in [0.3, 0.4) is 0 Å². The Balaban J connectivity index is 1.78. The quantitative estimate of drug-likeness (QED) is 0.906. The fourth-order valence-electron chi connectivity index (χ4n) is 3.03. The van der Waals surface area contributed by atoms with Gasteiger partial charge in [-0.2, -0.15) is 9.61 Å². The minimum atomic E-state index is -0.403. The van der Waals surface area contributed by atoms with Crippen molar-refractivity contribution >= 4 is 17.5 Å². The van der Waals surface area contributed by atoms with E-state index >= 15 is 0 Å². The van der Waals surface area contributed by atoms with Crippen molar-refractivity contribution in [1.29, 1.82) is 0 Å². The Hall–Kier alpha value is -2.15. The van der Waals surface area contributed by atoms with Crippen molar-refractivity contribution in [3.05, 3.63) is 24.0 Å². The van der Waals surface area contributed by atoms with Gasteiger partial charge in [-0.25, -0.2) is 9.78 Å². The number of nitrogens with one attached hydrogen (secondary N) is 1. The number of nitrogens with zero attached hydrogens (tertiary/aromatic N) is 4. The Morgan fingerprint density at radius 3 is 3.18 bits per heavy atom. The number of amides is 2. The number of urea groups is 1. The van der Waals surface area contributed by atoms with E-state index in [1.165, 1.54) is 0 Å². The number of likely N-dealkylation sites (tertiary alicyclic amines) is 1. The highest BCUT2D eigenvalue weighted by Crippen LogP contribution is 2.22. The molecule has 2 aromatic rings. The van der Waals surface area contributed by atoms with E-state index in [0.29, 0.717) is 17.9 Å². The summed E-state index contributed by atoms with van der Waals surface area (Å²) in [5.74, 6) is 0.603. The number of aliphatic hydroxyl groups excluding tert-OH is 1. The van der Waals surface area contributed by atoms with E-state index in [1.807, 2.05) is 13.0 Å². The average Bonchev–Trinajstić information content (AvgIpc) is 3.04. The first kappa shape index (κ1) is 14.8. The Morgan fingerprint density at radius 1 is 1.59 bits per heavy atom. The Kier molecular flexibility index (Phi) is 3.98. The summed E-state index contributed by atoms with van der Waals surface area (Å²) < 4.78 is 1.63. The molecular formula is C15H21N5O2. The van der Waals surface area contributed by atoms with Crippen LogP contribution < -0.4 is 5.32 Å². The van der Waals surface area contributed by atoms with Crippen LogP contribution in [0, 0.1) is 6.92 Å². The number of anilines is 1. The number of aliphatic hydroxyl groups is 1. The normalized spacial score (nSPS) is 19.6. The summed E-state index contributed by atoms with van der Waals surface area (Å²) in [5.41, 5.74) is 1.56. The topological polar surface area (TPSA) is 82.8 Å². The van der Waals surface area contributed by atoms with Gasteiger partial charge in [0.1, 0.15) is 5.82 Å². The van der Waals surface area contributed by atoms with Gasteiger partial charge in [-0.1, -0.05) is 0 Å². The molecule has 1 saturated heterocycles. The fourth-order valence-corrected chi connectivity index (χ4v) is 3.03. The molecule has 0 saturated carbocycles. The van der Waals surface area contributed by atoms with Crippen LogP contribution in [0.2, 0.25) is 0 Å². The van der Waals surface area contributed by atoms with E-state index in [-0.39, 0.29) is 12.1 Å². The zero-order valence-electron chi connectivity index (χ0n) is 12.9. The monoisotopic (exact) mass is 303 g/mol. The molecule has 0 aromatic carbocycles. The molecule has 2 atom stereocenters. The minimum Gasteiger partial charge on any atom is -0.393 e.